The Labute approximate surface area is 109 Å². The highest BCUT2D eigenvalue weighted by atomic mass is 15.2. The molecule has 1 atom stereocenters. The normalized spacial score (nSPS) is 21.7. The van der Waals surface area contributed by atoms with Crippen LogP contribution in [0.1, 0.15) is 30.0 Å². The van der Waals surface area contributed by atoms with Crippen molar-refractivity contribution in [1.29, 1.82) is 0 Å². The zero-order valence-corrected chi connectivity index (χ0v) is 11.0. The first-order chi connectivity index (χ1) is 8.84. The van der Waals surface area contributed by atoms with Crippen molar-refractivity contribution in [2.24, 2.45) is 4.99 Å². The number of likely N-dealkylation sites (tertiary alicyclic amines) is 1. The topological polar surface area (TPSA) is 27.6 Å². The number of nitrogens with one attached hydrogen (secondary N) is 1. The molecule has 2 aliphatic heterocycles. The number of aliphatic imine (C=N–C) groups is 1. The lowest BCUT2D eigenvalue weighted by Gasteiger charge is -2.28. The molecule has 1 aromatic rings. The average molecular weight is 243 g/mol. The lowest BCUT2D eigenvalue weighted by atomic mass is 10.0. The van der Waals surface area contributed by atoms with Crippen molar-refractivity contribution in [3.8, 4) is 0 Å². The summed E-state index contributed by atoms with van der Waals surface area (Å²) in [5, 5.41) is 3.46. The third-order valence-electron chi connectivity index (χ3n) is 3.82. The molecule has 1 unspecified atom stereocenters. The molecule has 1 aromatic carbocycles. The fourth-order valence-electron chi connectivity index (χ4n) is 2.98. The van der Waals surface area contributed by atoms with Gasteiger partial charge in [-0.3, -0.25) is 9.89 Å². The minimum Gasteiger partial charge on any atom is -0.370 e. The molecule has 3 nitrogen and oxygen atoms in total. The SMILES string of the molecule is Cc1cccc(C(C2=NCCN2)N2CCCC2)c1. The summed E-state index contributed by atoms with van der Waals surface area (Å²) in [7, 11) is 0. The van der Waals surface area contributed by atoms with Crippen molar-refractivity contribution < 1.29 is 0 Å². The molecule has 2 heterocycles. The van der Waals surface area contributed by atoms with Crippen LogP contribution in [0.5, 0.6) is 0 Å². The standard InChI is InChI=1S/C15H21N3/c1-12-5-4-6-13(11-12)14(15-16-7-8-17-15)18-9-2-3-10-18/h4-6,11,14H,2-3,7-10H2,1H3,(H,16,17). The Kier molecular flexibility index (Phi) is 3.33. The maximum absolute atomic E-state index is 4.65. The average Bonchev–Trinajstić information content (AvgIpc) is 3.02. The second-order valence-corrected chi connectivity index (χ2v) is 5.25. The summed E-state index contributed by atoms with van der Waals surface area (Å²) >= 11 is 0. The van der Waals surface area contributed by atoms with Gasteiger partial charge in [-0.15, -0.1) is 0 Å². The van der Waals surface area contributed by atoms with Crippen molar-refractivity contribution in [1.82, 2.24) is 10.2 Å². The molecule has 3 rings (SSSR count). The third-order valence-corrected chi connectivity index (χ3v) is 3.82. The quantitative estimate of drug-likeness (QED) is 0.880. The van der Waals surface area contributed by atoms with Crippen LogP contribution in [-0.2, 0) is 0 Å². The first kappa shape index (κ1) is 11.7. The molecule has 0 saturated carbocycles. The van der Waals surface area contributed by atoms with Crippen molar-refractivity contribution in [3.05, 3.63) is 35.4 Å². The van der Waals surface area contributed by atoms with Crippen LogP contribution in [0.25, 0.3) is 0 Å². The van der Waals surface area contributed by atoms with Gasteiger partial charge in [0, 0.05) is 6.54 Å². The Balaban J connectivity index is 1.93. The van der Waals surface area contributed by atoms with Gasteiger partial charge >= 0.3 is 0 Å². The molecular formula is C15H21N3. The van der Waals surface area contributed by atoms with Crippen LogP contribution < -0.4 is 5.32 Å². The predicted octanol–water partition coefficient (Wildman–Crippen LogP) is 2.13. The van der Waals surface area contributed by atoms with E-state index in [0.717, 1.165) is 13.1 Å². The van der Waals surface area contributed by atoms with Crippen molar-refractivity contribution in [2.75, 3.05) is 26.2 Å². The molecule has 96 valence electrons. The van der Waals surface area contributed by atoms with E-state index >= 15 is 0 Å². The van der Waals surface area contributed by atoms with Gasteiger partial charge in [0.05, 0.1) is 12.6 Å². The van der Waals surface area contributed by atoms with Gasteiger partial charge in [-0.1, -0.05) is 29.8 Å². The van der Waals surface area contributed by atoms with E-state index in [-0.39, 0.29) is 0 Å². The number of hydrogen-bond acceptors (Lipinski definition) is 3. The van der Waals surface area contributed by atoms with Crippen LogP contribution in [0.2, 0.25) is 0 Å². The number of benzene rings is 1. The van der Waals surface area contributed by atoms with E-state index in [4.69, 9.17) is 0 Å². The number of amidine groups is 1. The van der Waals surface area contributed by atoms with Crippen molar-refractivity contribution in [2.45, 2.75) is 25.8 Å². The van der Waals surface area contributed by atoms with Crippen molar-refractivity contribution >= 4 is 5.84 Å². The second kappa shape index (κ2) is 5.11. The zero-order valence-electron chi connectivity index (χ0n) is 11.0. The molecule has 1 saturated heterocycles. The van der Waals surface area contributed by atoms with Gasteiger partial charge in [-0.2, -0.15) is 0 Å². The lowest BCUT2D eigenvalue weighted by molar-refractivity contribution is 0.301. The fraction of sp³-hybridized carbons (Fsp3) is 0.533. The van der Waals surface area contributed by atoms with Crippen LogP contribution >= 0.6 is 0 Å². The Morgan fingerprint density at radius 2 is 2.11 bits per heavy atom. The largest absolute Gasteiger partial charge is 0.370 e. The monoisotopic (exact) mass is 243 g/mol. The van der Waals surface area contributed by atoms with Gasteiger partial charge in [0.1, 0.15) is 5.84 Å². The molecule has 0 bridgehead atoms. The zero-order chi connectivity index (χ0) is 12.4. The molecule has 3 heteroatoms. The Bertz CT molecular complexity index is 447. The van der Waals surface area contributed by atoms with Gasteiger partial charge in [-0.05, 0) is 38.4 Å². The van der Waals surface area contributed by atoms with E-state index in [9.17, 15) is 0 Å². The highest BCUT2D eigenvalue weighted by molar-refractivity contribution is 5.89. The Morgan fingerprint density at radius 1 is 1.28 bits per heavy atom. The maximum atomic E-state index is 4.65. The first-order valence-electron chi connectivity index (χ1n) is 6.93. The molecular weight excluding hydrogens is 222 g/mol. The van der Waals surface area contributed by atoms with Gasteiger partial charge in [0.25, 0.3) is 0 Å². The third kappa shape index (κ3) is 2.27. The molecule has 0 spiro atoms. The maximum Gasteiger partial charge on any atom is 0.119 e. The van der Waals surface area contributed by atoms with Gasteiger partial charge in [0.2, 0.25) is 0 Å². The van der Waals surface area contributed by atoms with E-state index in [0.29, 0.717) is 6.04 Å². The van der Waals surface area contributed by atoms with Gasteiger partial charge in [-0.25, -0.2) is 0 Å². The summed E-state index contributed by atoms with van der Waals surface area (Å²) in [6.45, 7) is 6.46. The molecule has 0 amide bonds. The highest BCUT2D eigenvalue weighted by Gasteiger charge is 2.29. The number of nitrogens with zero attached hydrogens (tertiary/aromatic N) is 2. The van der Waals surface area contributed by atoms with E-state index in [1.807, 2.05) is 0 Å². The summed E-state index contributed by atoms with van der Waals surface area (Å²) in [4.78, 5) is 7.21. The van der Waals surface area contributed by atoms with Crippen LogP contribution in [0.3, 0.4) is 0 Å². The summed E-state index contributed by atoms with van der Waals surface area (Å²) in [5.74, 6) is 1.17. The van der Waals surface area contributed by atoms with Gasteiger partial charge < -0.3 is 5.32 Å². The number of rotatable bonds is 3. The van der Waals surface area contributed by atoms with Crippen LogP contribution in [0.15, 0.2) is 29.3 Å². The van der Waals surface area contributed by atoms with E-state index in [1.54, 1.807) is 0 Å². The van der Waals surface area contributed by atoms with Crippen LogP contribution in [0.4, 0.5) is 0 Å². The smallest absolute Gasteiger partial charge is 0.119 e. The van der Waals surface area contributed by atoms with E-state index in [1.165, 1.54) is 42.9 Å². The fourth-order valence-corrected chi connectivity index (χ4v) is 2.98. The summed E-state index contributed by atoms with van der Waals surface area (Å²) in [6, 6.07) is 9.19. The molecule has 0 radical (unpaired) electrons. The van der Waals surface area contributed by atoms with E-state index in [2.05, 4.69) is 46.4 Å². The van der Waals surface area contributed by atoms with Crippen molar-refractivity contribution in [3.63, 3.8) is 0 Å². The van der Waals surface area contributed by atoms with Crippen LogP contribution in [-0.4, -0.2) is 36.9 Å². The minimum atomic E-state index is 0.342. The Morgan fingerprint density at radius 3 is 2.78 bits per heavy atom. The molecule has 0 aromatic heterocycles. The first-order valence-corrected chi connectivity index (χ1v) is 6.93. The second-order valence-electron chi connectivity index (χ2n) is 5.25. The predicted molar refractivity (Wildman–Crippen MR) is 75.0 cm³/mol. The molecule has 1 fully saturated rings. The number of hydrogen-bond donors (Lipinski definition) is 1. The van der Waals surface area contributed by atoms with E-state index < -0.39 is 0 Å². The summed E-state index contributed by atoms with van der Waals surface area (Å²) < 4.78 is 0. The summed E-state index contributed by atoms with van der Waals surface area (Å²) in [6.07, 6.45) is 2.63. The molecule has 0 aliphatic carbocycles. The Hall–Kier alpha value is -1.35. The molecule has 18 heavy (non-hydrogen) atoms. The summed E-state index contributed by atoms with van der Waals surface area (Å²) in [5.41, 5.74) is 2.71. The van der Waals surface area contributed by atoms with Gasteiger partial charge in [0.15, 0.2) is 0 Å². The minimum absolute atomic E-state index is 0.342. The lowest BCUT2D eigenvalue weighted by Crippen LogP contribution is -2.37. The highest BCUT2D eigenvalue weighted by Crippen LogP contribution is 2.27. The molecule has 1 N–H and O–H groups in total. The number of aryl methyl sites for hydroxylation is 1. The molecule has 2 aliphatic rings. The van der Waals surface area contributed by atoms with Crippen LogP contribution in [0, 0.1) is 6.92 Å².